The van der Waals surface area contributed by atoms with Gasteiger partial charge in [-0.2, -0.15) is 0 Å². The number of imidazole rings is 1. The molecule has 0 N–H and O–H groups in total. The zero-order valence-corrected chi connectivity index (χ0v) is 20.3. The minimum absolute atomic E-state index is 0.295. The first-order chi connectivity index (χ1) is 16.1. The van der Waals surface area contributed by atoms with Crippen LogP contribution in [0.3, 0.4) is 0 Å². The van der Waals surface area contributed by atoms with Gasteiger partial charge in [-0.15, -0.1) is 0 Å². The number of hydrogen-bond acceptors (Lipinski definition) is 5. The van der Waals surface area contributed by atoms with E-state index in [0.29, 0.717) is 22.4 Å². The predicted octanol–water partition coefficient (Wildman–Crippen LogP) is 6.56. The van der Waals surface area contributed by atoms with Gasteiger partial charge >= 0.3 is 12.1 Å². The molecule has 4 rings (SSSR count). The lowest BCUT2D eigenvalue weighted by molar-refractivity contribution is 0.0538. The Bertz CT molecular complexity index is 1390. The molecule has 3 aromatic carbocycles. The van der Waals surface area contributed by atoms with Crippen molar-refractivity contribution in [3.8, 4) is 22.3 Å². The van der Waals surface area contributed by atoms with Crippen molar-refractivity contribution in [3.05, 3.63) is 77.6 Å². The fourth-order valence-corrected chi connectivity index (χ4v) is 3.94. The molecule has 0 radical (unpaired) electrons. The Labute approximate surface area is 199 Å². The first-order valence-corrected chi connectivity index (χ1v) is 11.1. The van der Waals surface area contributed by atoms with Gasteiger partial charge in [0, 0.05) is 0 Å². The molecule has 0 bridgehead atoms. The van der Waals surface area contributed by atoms with Gasteiger partial charge in [0.1, 0.15) is 16.9 Å². The van der Waals surface area contributed by atoms with Gasteiger partial charge in [0.2, 0.25) is 0 Å². The number of ether oxygens (including phenoxy) is 2. The highest BCUT2D eigenvalue weighted by atomic mass is 16.6. The third-order valence-electron chi connectivity index (χ3n) is 5.48. The fraction of sp³-hybridized carbons (Fsp3) is 0.250. The van der Waals surface area contributed by atoms with Crippen molar-refractivity contribution >= 4 is 23.1 Å². The Hall–Kier alpha value is -3.93. The van der Waals surface area contributed by atoms with Crippen molar-refractivity contribution in [3.63, 3.8) is 0 Å². The van der Waals surface area contributed by atoms with E-state index in [1.165, 1.54) is 17.2 Å². The number of fused-ring (bicyclic) bond motifs is 1. The molecule has 0 aliphatic carbocycles. The molecule has 0 saturated heterocycles. The highest BCUT2D eigenvalue weighted by molar-refractivity contribution is 6.06. The number of carbonyl (C=O) groups is 2. The smallest absolute Gasteiger partial charge is 0.420 e. The van der Waals surface area contributed by atoms with Crippen molar-refractivity contribution in [1.82, 2.24) is 9.55 Å². The molecule has 0 amide bonds. The van der Waals surface area contributed by atoms with Crippen LogP contribution in [-0.2, 0) is 9.47 Å². The summed E-state index contributed by atoms with van der Waals surface area (Å²) in [6, 6.07) is 20.0. The Morgan fingerprint density at radius 3 is 2.09 bits per heavy atom. The van der Waals surface area contributed by atoms with E-state index in [9.17, 15) is 9.59 Å². The van der Waals surface area contributed by atoms with Crippen LogP contribution < -0.4 is 0 Å². The number of aryl methyl sites for hydroxylation is 2. The molecule has 0 aliphatic rings. The number of benzene rings is 3. The van der Waals surface area contributed by atoms with Crippen molar-refractivity contribution < 1.29 is 19.1 Å². The van der Waals surface area contributed by atoms with Crippen LogP contribution in [0.2, 0.25) is 0 Å². The summed E-state index contributed by atoms with van der Waals surface area (Å²) in [7, 11) is 1.33. The van der Waals surface area contributed by atoms with Crippen LogP contribution >= 0.6 is 0 Å². The summed E-state index contributed by atoms with van der Waals surface area (Å²) in [5.41, 5.74) is 5.61. The monoisotopic (exact) mass is 456 g/mol. The molecular weight excluding hydrogens is 428 g/mol. The van der Waals surface area contributed by atoms with Crippen LogP contribution in [0.25, 0.3) is 33.3 Å². The third-order valence-corrected chi connectivity index (χ3v) is 5.48. The third kappa shape index (κ3) is 4.57. The quantitative estimate of drug-likeness (QED) is 0.327. The van der Waals surface area contributed by atoms with E-state index >= 15 is 0 Å². The molecule has 0 atom stereocenters. The number of esters is 1. The highest BCUT2D eigenvalue weighted by Gasteiger charge is 2.25. The minimum Gasteiger partial charge on any atom is -0.465 e. The molecule has 1 heterocycles. The second-order valence-corrected chi connectivity index (χ2v) is 9.30. The molecule has 34 heavy (non-hydrogen) atoms. The molecule has 0 fully saturated rings. The second kappa shape index (κ2) is 8.78. The summed E-state index contributed by atoms with van der Waals surface area (Å²) in [6.07, 6.45) is -0.546. The molecular formula is C28H28N2O4. The largest absolute Gasteiger partial charge is 0.465 e. The van der Waals surface area contributed by atoms with E-state index in [-0.39, 0.29) is 0 Å². The lowest BCUT2D eigenvalue weighted by Crippen LogP contribution is -2.27. The van der Waals surface area contributed by atoms with E-state index in [2.05, 4.69) is 30.1 Å². The first-order valence-electron chi connectivity index (χ1n) is 11.1. The van der Waals surface area contributed by atoms with Gasteiger partial charge in [0.15, 0.2) is 0 Å². The number of rotatable bonds is 3. The maximum absolute atomic E-state index is 13.0. The average molecular weight is 457 g/mol. The van der Waals surface area contributed by atoms with Crippen LogP contribution in [0.15, 0.2) is 60.7 Å². The summed E-state index contributed by atoms with van der Waals surface area (Å²) in [6.45, 7) is 9.19. The molecule has 0 saturated carbocycles. The van der Waals surface area contributed by atoms with Crippen LogP contribution in [-0.4, -0.2) is 34.3 Å². The molecule has 0 spiro atoms. The SMILES string of the molecule is COC(=O)c1cc(-c2ccc(-c3cccc(C)c3)cc2)cc2c1nc(C)n2C(=O)OC(C)(C)C. The number of carbonyl (C=O) groups excluding carboxylic acids is 2. The summed E-state index contributed by atoms with van der Waals surface area (Å²) in [5, 5.41) is 0. The van der Waals surface area contributed by atoms with Gasteiger partial charge in [0.25, 0.3) is 0 Å². The zero-order valence-electron chi connectivity index (χ0n) is 20.3. The normalized spacial score (nSPS) is 11.5. The molecule has 0 unspecified atom stereocenters. The Morgan fingerprint density at radius 2 is 1.50 bits per heavy atom. The molecule has 174 valence electrons. The van der Waals surface area contributed by atoms with Crippen molar-refractivity contribution in [2.75, 3.05) is 7.11 Å². The van der Waals surface area contributed by atoms with Gasteiger partial charge in [-0.1, -0.05) is 54.1 Å². The second-order valence-electron chi connectivity index (χ2n) is 9.30. The van der Waals surface area contributed by atoms with Gasteiger partial charge in [0.05, 0.1) is 18.2 Å². The molecule has 6 heteroatoms. The predicted molar refractivity (Wildman–Crippen MR) is 133 cm³/mol. The Balaban J connectivity index is 1.85. The summed E-state index contributed by atoms with van der Waals surface area (Å²) in [4.78, 5) is 30.1. The van der Waals surface area contributed by atoms with Crippen molar-refractivity contribution in [1.29, 1.82) is 0 Å². The Morgan fingerprint density at radius 1 is 0.853 bits per heavy atom. The van der Waals surface area contributed by atoms with E-state index in [0.717, 1.165) is 22.3 Å². The van der Waals surface area contributed by atoms with Crippen LogP contribution in [0, 0.1) is 13.8 Å². The Kier molecular flexibility index (Phi) is 6.00. The van der Waals surface area contributed by atoms with Crippen molar-refractivity contribution in [2.45, 2.75) is 40.2 Å². The maximum Gasteiger partial charge on any atom is 0.420 e. The lowest BCUT2D eigenvalue weighted by Gasteiger charge is -2.20. The average Bonchev–Trinajstić information content (AvgIpc) is 3.12. The molecule has 0 aliphatic heterocycles. The van der Waals surface area contributed by atoms with Gasteiger partial charge in [-0.3, -0.25) is 0 Å². The number of nitrogens with zero attached hydrogens (tertiary/aromatic N) is 2. The van der Waals surface area contributed by atoms with Gasteiger partial charge < -0.3 is 9.47 Å². The van der Waals surface area contributed by atoms with Gasteiger partial charge in [-0.25, -0.2) is 19.1 Å². The maximum atomic E-state index is 13.0. The van der Waals surface area contributed by atoms with E-state index in [4.69, 9.17) is 9.47 Å². The minimum atomic E-state index is -0.672. The van der Waals surface area contributed by atoms with Crippen LogP contribution in [0.1, 0.15) is 42.5 Å². The standard InChI is InChI=1S/C28H28N2O4/c1-17-8-7-9-21(14-17)19-10-12-20(13-11-19)22-15-23(26(31)33-6)25-24(16-22)30(18(2)29-25)27(32)34-28(3,4)5/h7-16H,1-6H3. The zero-order chi connectivity index (χ0) is 24.6. The molecule has 1 aromatic heterocycles. The van der Waals surface area contributed by atoms with Crippen LogP contribution in [0.4, 0.5) is 4.79 Å². The van der Waals surface area contributed by atoms with E-state index in [1.54, 1.807) is 33.8 Å². The van der Waals surface area contributed by atoms with E-state index < -0.39 is 17.7 Å². The fourth-order valence-electron chi connectivity index (χ4n) is 3.94. The van der Waals surface area contributed by atoms with E-state index in [1.807, 2.05) is 36.4 Å². The number of hydrogen-bond donors (Lipinski definition) is 0. The van der Waals surface area contributed by atoms with Crippen molar-refractivity contribution in [2.24, 2.45) is 0 Å². The summed E-state index contributed by atoms with van der Waals surface area (Å²) >= 11 is 0. The van der Waals surface area contributed by atoms with Crippen LogP contribution in [0.5, 0.6) is 0 Å². The molecule has 6 nitrogen and oxygen atoms in total. The molecule has 4 aromatic rings. The van der Waals surface area contributed by atoms with Gasteiger partial charge in [-0.05, 0) is 69.0 Å². The first kappa shape index (κ1) is 23.2. The summed E-state index contributed by atoms with van der Waals surface area (Å²) in [5.74, 6) is -0.0848. The lowest BCUT2D eigenvalue weighted by atomic mass is 9.98. The summed E-state index contributed by atoms with van der Waals surface area (Å²) < 4.78 is 12.0. The number of aromatic nitrogens is 2. The number of methoxy groups -OCH3 is 1. The topological polar surface area (TPSA) is 70.4 Å². The highest BCUT2D eigenvalue weighted by Crippen LogP contribution is 2.31.